The zero-order valence-corrected chi connectivity index (χ0v) is 20.1. The molecule has 0 saturated carbocycles. The third-order valence-corrected chi connectivity index (χ3v) is 6.02. The van der Waals surface area contributed by atoms with Gasteiger partial charge in [-0.15, -0.1) is 12.4 Å². The number of aliphatic imine (C=N–C) groups is 1. The Morgan fingerprint density at radius 2 is 1.75 bits per heavy atom. The van der Waals surface area contributed by atoms with Crippen LogP contribution in [0.2, 0.25) is 0 Å². The maximum atomic E-state index is 12.2. The first kappa shape index (κ1) is 24.1. The summed E-state index contributed by atoms with van der Waals surface area (Å²) >= 11 is 0. The molecule has 0 spiro atoms. The molecule has 6 nitrogen and oxygen atoms in total. The molecule has 0 aromatic heterocycles. The van der Waals surface area contributed by atoms with Crippen molar-refractivity contribution in [3.8, 4) is 11.5 Å². The predicted octanol–water partition coefficient (Wildman–Crippen LogP) is 4.33. The molecule has 1 saturated heterocycles. The van der Waals surface area contributed by atoms with Crippen LogP contribution < -0.4 is 9.47 Å². The number of methoxy groups -OCH3 is 2. The lowest BCUT2D eigenvalue weighted by Crippen LogP contribution is -2.41. The number of nitrogens with zero attached hydrogens (tertiary/aromatic N) is 2. The lowest BCUT2D eigenvalue weighted by Gasteiger charge is -2.39. The van der Waals surface area contributed by atoms with E-state index < -0.39 is 0 Å². The second-order valence-corrected chi connectivity index (χ2v) is 8.53. The molecule has 2 unspecified atom stereocenters. The predicted molar refractivity (Wildman–Crippen MR) is 128 cm³/mol. The van der Waals surface area contributed by atoms with Crippen LogP contribution in [0.25, 0.3) is 0 Å². The molecular weight excluding hydrogens is 428 g/mol. The standard InChI is InChI=1S/C25H30N2O4.ClH/c1-15(2)31-25(28)17-8-6-16(7-9-17)24-19-13-23(30-5)22(29-4)12-18(19)20-14-27(3)11-10-21(20)26-24;/h6-9,12-13,15,20-21H,10-11,14H2,1-5H3;1H. The van der Waals surface area contributed by atoms with E-state index in [1.54, 1.807) is 14.2 Å². The van der Waals surface area contributed by atoms with Gasteiger partial charge in [-0.25, -0.2) is 4.79 Å². The summed E-state index contributed by atoms with van der Waals surface area (Å²) in [5.41, 5.74) is 4.75. The van der Waals surface area contributed by atoms with Crippen LogP contribution in [0, 0.1) is 0 Å². The molecule has 4 rings (SSSR count). The van der Waals surface area contributed by atoms with E-state index in [1.165, 1.54) is 5.56 Å². The second kappa shape index (κ2) is 9.92. The molecule has 32 heavy (non-hydrogen) atoms. The summed E-state index contributed by atoms with van der Waals surface area (Å²) in [6, 6.07) is 11.9. The molecule has 0 amide bonds. The van der Waals surface area contributed by atoms with E-state index in [0.717, 1.165) is 42.1 Å². The van der Waals surface area contributed by atoms with E-state index in [-0.39, 0.29) is 30.5 Å². The van der Waals surface area contributed by atoms with Crippen molar-refractivity contribution < 1.29 is 19.0 Å². The van der Waals surface area contributed by atoms with Gasteiger partial charge in [0.05, 0.1) is 37.6 Å². The zero-order valence-electron chi connectivity index (χ0n) is 19.3. The molecule has 1 fully saturated rings. The van der Waals surface area contributed by atoms with Gasteiger partial charge in [0.25, 0.3) is 0 Å². The number of likely N-dealkylation sites (N-methyl/N-ethyl adjacent to an activating group) is 1. The van der Waals surface area contributed by atoms with E-state index in [1.807, 2.05) is 44.2 Å². The Bertz CT molecular complexity index is 1000. The number of benzene rings is 2. The summed E-state index contributed by atoms with van der Waals surface area (Å²) in [7, 11) is 5.47. The van der Waals surface area contributed by atoms with Gasteiger partial charge in [0.15, 0.2) is 11.5 Å². The summed E-state index contributed by atoms with van der Waals surface area (Å²) in [6.45, 7) is 5.68. The van der Waals surface area contributed by atoms with E-state index in [0.29, 0.717) is 17.2 Å². The Kier molecular flexibility index (Phi) is 7.47. The molecule has 2 aliphatic heterocycles. The van der Waals surface area contributed by atoms with Crippen molar-refractivity contribution in [2.24, 2.45) is 4.99 Å². The van der Waals surface area contributed by atoms with Crippen LogP contribution >= 0.6 is 12.4 Å². The monoisotopic (exact) mass is 458 g/mol. The molecule has 0 N–H and O–H groups in total. The molecular formula is C25H31ClN2O4. The molecule has 7 heteroatoms. The number of esters is 1. The van der Waals surface area contributed by atoms with Gasteiger partial charge in [0, 0.05) is 23.6 Å². The normalized spacial score (nSPS) is 19.9. The number of carbonyl (C=O) groups excluding carboxylic acids is 1. The summed E-state index contributed by atoms with van der Waals surface area (Å²) < 4.78 is 16.5. The van der Waals surface area contributed by atoms with Crippen LogP contribution in [0.3, 0.4) is 0 Å². The molecule has 172 valence electrons. The average Bonchev–Trinajstić information content (AvgIpc) is 2.77. The number of carbonyl (C=O) groups is 1. The van der Waals surface area contributed by atoms with Gasteiger partial charge in [-0.3, -0.25) is 4.99 Å². The van der Waals surface area contributed by atoms with Crippen LogP contribution in [0.5, 0.6) is 11.5 Å². The highest BCUT2D eigenvalue weighted by Crippen LogP contribution is 2.42. The van der Waals surface area contributed by atoms with E-state index in [9.17, 15) is 4.79 Å². The van der Waals surface area contributed by atoms with Crippen LogP contribution in [0.15, 0.2) is 41.4 Å². The van der Waals surface area contributed by atoms with Gasteiger partial charge in [-0.05, 0) is 63.7 Å². The van der Waals surface area contributed by atoms with E-state index in [4.69, 9.17) is 19.2 Å². The first-order chi connectivity index (χ1) is 14.9. The van der Waals surface area contributed by atoms with Gasteiger partial charge in [0.1, 0.15) is 0 Å². The Morgan fingerprint density at radius 3 is 2.38 bits per heavy atom. The third kappa shape index (κ3) is 4.62. The fourth-order valence-corrected chi connectivity index (χ4v) is 4.48. The summed E-state index contributed by atoms with van der Waals surface area (Å²) in [6.07, 6.45) is 0.864. The molecule has 2 aromatic carbocycles. The van der Waals surface area contributed by atoms with Gasteiger partial charge >= 0.3 is 5.97 Å². The number of fused-ring (bicyclic) bond motifs is 3. The van der Waals surface area contributed by atoms with E-state index in [2.05, 4.69) is 18.0 Å². The highest BCUT2D eigenvalue weighted by Gasteiger charge is 2.36. The Labute approximate surface area is 196 Å². The highest BCUT2D eigenvalue weighted by atomic mass is 35.5. The number of likely N-dealkylation sites (tertiary alicyclic amines) is 1. The van der Waals surface area contributed by atoms with Crippen LogP contribution in [-0.4, -0.2) is 63.1 Å². The minimum absolute atomic E-state index is 0. The number of ether oxygens (including phenoxy) is 3. The third-order valence-electron chi connectivity index (χ3n) is 6.02. The number of halogens is 1. The molecule has 0 bridgehead atoms. The molecule has 2 heterocycles. The largest absolute Gasteiger partial charge is 0.493 e. The lowest BCUT2D eigenvalue weighted by atomic mass is 9.79. The smallest absolute Gasteiger partial charge is 0.338 e. The minimum atomic E-state index is -0.311. The van der Waals surface area contributed by atoms with Gasteiger partial charge in [-0.1, -0.05) is 12.1 Å². The van der Waals surface area contributed by atoms with Crippen LogP contribution in [0.1, 0.15) is 53.2 Å². The fourth-order valence-electron chi connectivity index (χ4n) is 4.48. The fraction of sp³-hybridized carbons (Fsp3) is 0.440. The summed E-state index contributed by atoms with van der Waals surface area (Å²) in [5, 5.41) is 0. The second-order valence-electron chi connectivity index (χ2n) is 8.53. The quantitative estimate of drug-likeness (QED) is 0.624. The average molecular weight is 459 g/mol. The first-order valence-electron chi connectivity index (χ1n) is 10.7. The van der Waals surface area contributed by atoms with Crippen molar-refractivity contribution >= 4 is 24.1 Å². The molecule has 2 aliphatic rings. The Morgan fingerprint density at radius 1 is 1.09 bits per heavy atom. The maximum absolute atomic E-state index is 12.2. The summed E-state index contributed by atoms with van der Waals surface area (Å²) in [4.78, 5) is 19.8. The van der Waals surface area contributed by atoms with Gasteiger partial charge in [-0.2, -0.15) is 0 Å². The van der Waals surface area contributed by atoms with Crippen molar-refractivity contribution in [1.29, 1.82) is 0 Å². The lowest BCUT2D eigenvalue weighted by molar-refractivity contribution is 0.0378. The van der Waals surface area contributed by atoms with Crippen molar-refractivity contribution in [2.75, 3.05) is 34.4 Å². The SMILES string of the molecule is COc1cc2c(cc1OC)C1CN(C)CCC1N=C2c1ccc(C(=O)OC(C)C)cc1.Cl. The van der Waals surface area contributed by atoms with Gasteiger partial charge < -0.3 is 19.1 Å². The van der Waals surface area contributed by atoms with Crippen LogP contribution in [0.4, 0.5) is 0 Å². The van der Waals surface area contributed by atoms with Crippen molar-refractivity contribution in [1.82, 2.24) is 4.90 Å². The minimum Gasteiger partial charge on any atom is -0.493 e. The highest BCUT2D eigenvalue weighted by molar-refractivity contribution is 6.15. The molecule has 2 aromatic rings. The van der Waals surface area contributed by atoms with Crippen molar-refractivity contribution in [3.63, 3.8) is 0 Å². The number of piperidine rings is 1. The Hall–Kier alpha value is -2.57. The summed E-state index contributed by atoms with van der Waals surface area (Å²) in [5.74, 6) is 1.43. The van der Waals surface area contributed by atoms with Crippen molar-refractivity contribution in [3.05, 3.63) is 58.7 Å². The molecule has 0 aliphatic carbocycles. The molecule has 0 radical (unpaired) electrons. The number of hydrogen-bond acceptors (Lipinski definition) is 6. The molecule has 2 atom stereocenters. The Balaban J connectivity index is 0.00000289. The zero-order chi connectivity index (χ0) is 22.1. The van der Waals surface area contributed by atoms with Crippen LogP contribution in [-0.2, 0) is 4.74 Å². The number of rotatable bonds is 5. The van der Waals surface area contributed by atoms with Gasteiger partial charge in [0.2, 0.25) is 0 Å². The van der Waals surface area contributed by atoms with Crippen molar-refractivity contribution in [2.45, 2.75) is 38.3 Å². The first-order valence-corrected chi connectivity index (χ1v) is 10.7. The maximum Gasteiger partial charge on any atom is 0.338 e. The topological polar surface area (TPSA) is 60.4 Å². The van der Waals surface area contributed by atoms with E-state index >= 15 is 0 Å². The number of hydrogen-bond donors (Lipinski definition) is 0.